The van der Waals surface area contributed by atoms with Gasteiger partial charge in [-0.2, -0.15) is 13.8 Å². The van der Waals surface area contributed by atoms with E-state index in [2.05, 4.69) is 14.9 Å². The molecule has 0 bridgehead atoms. The Morgan fingerprint density at radius 1 is 1.33 bits per heavy atom. The fourth-order valence-corrected chi connectivity index (χ4v) is 1.44. The zero-order valence-corrected chi connectivity index (χ0v) is 10.6. The number of anilines is 1. The van der Waals surface area contributed by atoms with Gasteiger partial charge in [0.25, 0.3) is 5.89 Å². The van der Waals surface area contributed by atoms with E-state index in [-0.39, 0.29) is 11.7 Å². The molecule has 1 heterocycles. The van der Waals surface area contributed by atoms with Crippen molar-refractivity contribution in [1.82, 2.24) is 10.1 Å². The van der Waals surface area contributed by atoms with Gasteiger partial charge in [0.05, 0.1) is 0 Å². The molecule has 0 unspecified atom stereocenters. The second kappa shape index (κ2) is 6.08. The molecule has 0 saturated carbocycles. The Morgan fingerprint density at radius 3 is 2.76 bits per heavy atom. The highest BCUT2D eigenvalue weighted by Crippen LogP contribution is 2.23. The van der Waals surface area contributed by atoms with Gasteiger partial charge in [-0.15, -0.1) is 0 Å². The summed E-state index contributed by atoms with van der Waals surface area (Å²) in [5.74, 6) is -4.11. The van der Waals surface area contributed by atoms with E-state index in [1.54, 1.807) is 24.3 Å². The number of rotatable bonds is 6. The maximum atomic E-state index is 12.6. The van der Waals surface area contributed by atoms with Crippen molar-refractivity contribution in [3.05, 3.63) is 30.1 Å². The highest BCUT2D eigenvalue weighted by Gasteiger charge is 2.41. The Hall–Kier alpha value is -2.16. The molecule has 2 rings (SSSR count). The lowest BCUT2D eigenvalue weighted by Crippen LogP contribution is -2.32. The SMILES string of the molecule is Nc1cccc(-c2nc(COCC(F)(F)C(F)F)no2)c1. The highest BCUT2D eigenvalue weighted by atomic mass is 19.3. The van der Waals surface area contributed by atoms with Crippen LogP contribution < -0.4 is 5.73 Å². The minimum atomic E-state index is -4.21. The van der Waals surface area contributed by atoms with Crippen LogP contribution in [0.5, 0.6) is 0 Å². The van der Waals surface area contributed by atoms with E-state index in [1.165, 1.54) is 0 Å². The fourth-order valence-electron chi connectivity index (χ4n) is 1.44. The first kappa shape index (κ1) is 15.2. The lowest BCUT2D eigenvalue weighted by molar-refractivity contribution is -0.168. The van der Waals surface area contributed by atoms with Crippen molar-refractivity contribution in [2.45, 2.75) is 19.0 Å². The molecule has 0 fully saturated rings. The summed E-state index contributed by atoms with van der Waals surface area (Å²) in [6.07, 6.45) is -3.79. The standard InChI is InChI=1S/C12H11F4N3O2/c13-11(14)12(15,16)6-20-5-9-18-10(21-19-9)7-2-1-3-8(17)4-7/h1-4,11H,5-6,17H2. The van der Waals surface area contributed by atoms with Gasteiger partial charge in [0.15, 0.2) is 5.82 Å². The van der Waals surface area contributed by atoms with Crippen molar-refractivity contribution < 1.29 is 26.8 Å². The molecule has 2 N–H and O–H groups in total. The largest absolute Gasteiger partial charge is 0.399 e. The molecular formula is C12H11F4N3O2. The number of ether oxygens (including phenoxy) is 1. The molecule has 0 aliphatic carbocycles. The molecule has 1 aromatic carbocycles. The molecule has 5 nitrogen and oxygen atoms in total. The van der Waals surface area contributed by atoms with Gasteiger partial charge in [0.2, 0.25) is 0 Å². The third-order valence-electron chi connectivity index (χ3n) is 2.45. The summed E-state index contributed by atoms with van der Waals surface area (Å²) in [5.41, 5.74) is 6.62. The second-order valence-corrected chi connectivity index (χ2v) is 4.20. The van der Waals surface area contributed by atoms with Crippen LogP contribution in [-0.2, 0) is 11.3 Å². The van der Waals surface area contributed by atoms with E-state index in [0.29, 0.717) is 11.3 Å². The Kier molecular flexibility index (Phi) is 4.41. The lowest BCUT2D eigenvalue weighted by Gasteiger charge is -2.14. The number of hydrogen-bond donors (Lipinski definition) is 1. The molecule has 21 heavy (non-hydrogen) atoms. The van der Waals surface area contributed by atoms with Gasteiger partial charge in [-0.3, -0.25) is 0 Å². The number of nitrogen functional groups attached to an aromatic ring is 1. The molecule has 2 aromatic rings. The molecule has 0 aliphatic rings. The van der Waals surface area contributed by atoms with Gasteiger partial charge in [0, 0.05) is 11.3 Å². The number of nitrogens with two attached hydrogens (primary N) is 1. The number of hydrogen-bond acceptors (Lipinski definition) is 5. The van der Waals surface area contributed by atoms with Crippen LogP contribution in [0.25, 0.3) is 11.5 Å². The van der Waals surface area contributed by atoms with Crippen LogP contribution >= 0.6 is 0 Å². The first-order chi connectivity index (χ1) is 9.88. The Morgan fingerprint density at radius 2 is 2.10 bits per heavy atom. The van der Waals surface area contributed by atoms with Crippen LogP contribution in [0.2, 0.25) is 0 Å². The van der Waals surface area contributed by atoms with Crippen molar-refractivity contribution in [1.29, 1.82) is 0 Å². The van der Waals surface area contributed by atoms with Crippen LogP contribution in [-0.4, -0.2) is 29.1 Å². The lowest BCUT2D eigenvalue weighted by atomic mass is 10.2. The van der Waals surface area contributed by atoms with Crippen molar-refractivity contribution in [2.24, 2.45) is 0 Å². The van der Waals surface area contributed by atoms with Crippen LogP contribution in [0.4, 0.5) is 23.2 Å². The van der Waals surface area contributed by atoms with Gasteiger partial charge < -0.3 is 15.0 Å². The molecule has 0 radical (unpaired) electrons. The van der Waals surface area contributed by atoms with E-state index >= 15 is 0 Å². The topological polar surface area (TPSA) is 74.2 Å². The van der Waals surface area contributed by atoms with Gasteiger partial charge in [-0.25, -0.2) is 8.78 Å². The minimum Gasteiger partial charge on any atom is -0.399 e. The van der Waals surface area contributed by atoms with E-state index in [0.717, 1.165) is 0 Å². The number of alkyl halides is 4. The monoisotopic (exact) mass is 305 g/mol. The van der Waals surface area contributed by atoms with Gasteiger partial charge in [-0.05, 0) is 18.2 Å². The van der Waals surface area contributed by atoms with E-state index in [9.17, 15) is 17.6 Å². The summed E-state index contributed by atoms with van der Waals surface area (Å²) < 4.78 is 58.4. The van der Waals surface area contributed by atoms with E-state index in [4.69, 9.17) is 10.3 Å². The molecule has 9 heteroatoms. The molecule has 0 amide bonds. The summed E-state index contributed by atoms with van der Waals surface area (Å²) in [5, 5.41) is 3.50. The zero-order valence-electron chi connectivity index (χ0n) is 10.6. The van der Waals surface area contributed by atoms with Crippen LogP contribution in [0.3, 0.4) is 0 Å². The zero-order chi connectivity index (χ0) is 15.5. The molecule has 114 valence electrons. The molecular weight excluding hydrogens is 294 g/mol. The van der Waals surface area contributed by atoms with Crippen molar-refractivity contribution in [3.63, 3.8) is 0 Å². The second-order valence-electron chi connectivity index (χ2n) is 4.20. The number of halogens is 4. The fraction of sp³-hybridized carbons (Fsp3) is 0.333. The molecule has 0 aliphatic heterocycles. The van der Waals surface area contributed by atoms with Crippen molar-refractivity contribution in [2.75, 3.05) is 12.3 Å². The highest BCUT2D eigenvalue weighted by molar-refractivity contribution is 5.59. The Bertz CT molecular complexity index is 604. The number of aromatic nitrogens is 2. The summed E-state index contributed by atoms with van der Waals surface area (Å²) >= 11 is 0. The normalized spacial score (nSPS) is 12.0. The third-order valence-corrected chi connectivity index (χ3v) is 2.45. The average Bonchev–Trinajstić information content (AvgIpc) is 2.87. The first-order valence-corrected chi connectivity index (χ1v) is 5.81. The third kappa shape index (κ3) is 3.91. The summed E-state index contributed by atoms with van der Waals surface area (Å²) in [4.78, 5) is 3.90. The predicted octanol–water partition coefficient (Wildman–Crippen LogP) is 2.74. The van der Waals surface area contributed by atoms with Gasteiger partial charge in [-0.1, -0.05) is 11.2 Å². The van der Waals surface area contributed by atoms with E-state index < -0.39 is 25.6 Å². The first-order valence-electron chi connectivity index (χ1n) is 5.81. The Balaban J connectivity index is 1.95. The minimum absolute atomic E-state index is 0.0301. The van der Waals surface area contributed by atoms with Crippen LogP contribution in [0.15, 0.2) is 28.8 Å². The van der Waals surface area contributed by atoms with Gasteiger partial charge >= 0.3 is 12.3 Å². The van der Waals surface area contributed by atoms with Gasteiger partial charge in [0.1, 0.15) is 13.2 Å². The van der Waals surface area contributed by atoms with Crippen LogP contribution in [0.1, 0.15) is 5.82 Å². The van der Waals surface area contributed by atoms with Crippen molar-refractivity contribution >= 4 is 5.69 Å². The van der Waals surface area contributed by atoms with E-state index in [1.807, 2.05) is 0 Å². The Labute approximate surface area is 116 Å². The molecule has 1 aromatic heterocycles. The summed E-state index contributed by atoms with van der Waals surface area (Å²) in [7, 11) is 0. The van der Waals surface area contributed by atoms with Crippen molar-refractivity contribution in [3.8, 4) is 11.5 Å². The average molecular weight is 305 g/mol. The maximum Gasteiger partial charge on any atom is 0.330 e. The molecule has 0 atom stereocenters. The van der Waals surface area contributed by atoms with Crippen LogP contribution in [0, 0.1) is 0 Å². The maximum absolute atomic E-state index is 12.6. The number of benzene rings is 1. The quantitative estimate of drug-likeness (QED) is 0.656. The smallest absolute Gasteiger partial charge is 0.330 e. The summed E-state index contributed by atoms with van der Waals surface area (Å²) in [6, 6.07) is 6.59. The molecule has 0 spiro atoms. The predicted molar refractivity (Wildman–Crippen MR) is 64.8 cm³/mol. The number of nitrogens with zero attached hydrogens (tertiary/aromatic N) is 2. The summed E-state index contributed by atoms with van der Waals surface area (Å²) in [6.45, 7) is -1.89. The molecule has 0 saturated heterocycles.